The van der Waals surface area contributed by atoms with Crippen LogP contribution in [0.3, 0.4) is 0 Å². The second-order valence-electron chi connectivity index (χ2n) is 7.86. The van der Waals surface area contributed by atoms with Gasteiger partial charge in [-0.25, -0.2) is 9.48 Å². The molecule has 1 N–H and O–H groups in total. The van der Waals surface area contributed by atoms with Crippen LogP contribution in [0.25, 0.3) is 10.8 Å². The molecule has 7 nitrogen and oxygen atoms in total. The minimum Gasteiger partial charge on any atom is -0.451 e. The van der Waals surface area contributed by atoms with Crippen LogP contribution in [0.4, 0.5) is 5.69 Å². The average Bonchev–Trinajstić information content (AvgIpc) is 2.75. The molecule has 0 fully saturated rings. The van der Waals surface area contributed by atoms with Gasteiger partial charge >= 0.3 is 5.97 Å². The highest BCUT2D eigenvalue weighted by Crippen LogP contribution is 2.21. The molecule has 3 rings (SSSR count). The molecule has 0 aliphatic rings. The van der Waals surface area contributed by atoms with E-state index in [0.717, 1.165) is 23.2 Å². The molecule has 31 heavy (non-hydrogen) atoms. The molecule has 0 saturated carbocycles. The first-order valence-corrected chi connectivity index (χ1v) is 10.4. The summed E-state index contributed by atoms with van der Waals surface area (Å²) >= 11 is 0. The fraction of sp³-hybridized carbons (Fsp3) is 0.333. The van der Waals surface area contributed by atoms with E-state index < -0.39 is 18.5 Å². The maximum absolute atomic E-state index is 12.8. The van der Waals surface area contributed by atoms with Crippen LogP contribution in [0.2, 0.25) is 0 Å². The zero-order chi connectivity index (χ0) is 22.5. The second-order valence-corrected chi connectivity index (χ2v) is 7.86. The van der Waals surface area contributed by atoms with Gasteiger partial charge in [-0.3, -0.25) is 9.59 Å². The maximum Gasteiger partial charge on any atom is 0.359 e. The molecule has 162 valence electrons. The predicted octanol–water partition coefficient (Wildman–Crippen LogP) is 3.72. The molecule has 1 aromatic heterocycles. The highest BCUT2D eigenvalue weighted by atomic mass is 16.5. The van der Waals surface area contributed by atoms with E-state index in [9.17, 15) is 14.4 Å². The van der Waals surface area contributed by atoms with Crippen LogP contribution in [0.15, 0.2) is 47.3 Å². The summed E-state index contributed by atoms with van der Waals surface area (Å²) in [5.74, 6) is -1.01. The van der Waals surface area contributed by atoms with Gasteiger partial charge in [-0.1, -0.05) is 57.2 Å². The fourth-order valence-corrected chi connectivity index (χ4v) is 3.43. The number of nitrogens with one attached hydrogen (secondary N) is 1. The summed E-state index contributed by atoms with van der Waals surface area (Å²) < 4.78 is 6.54. The molecule has 1 heterocycles. The van der Waals surface area contributed by atoms with Gasteiger partial charge < -0.3 is 10.1 Å². The van der Waals surface area contributed by atoms with Gasteiger partial charge in [-0.15, -0.1) is 0 Å². The highest BCUT2D eigenvalue weighted by molar-refractivity contribution is 6.03. The third-order valence-electron chi connectivity index (χ3n) is 4.94. The summed E-state index contributed by atoms with van der Waals surface area (Å²) in [6.45, 7) is 7.76. The van der Waals surface area contributed by atoms with E-state index >= 15 is 0 Å². The number of aryl methyl sites for hydroxylation is 2. The van der Waals surface area contributed by atoms with Crippen molar-refractivity contribution in [1.29, 1.82) is 0 Å². The van der Waals surface area contributed by atoms with Crippen molar-refractivity contribution in [2.45, 2.75) is 40.7 Å². The third-order valence-corrected chi connectivity index (χ3v) is 4.94. The summed E-state index contributed by atoms with van der Waals surface area (Å²) in [7, 11) is 0. The number of hydrogen-bond donors (Lipinski definition) is 1. The molecule has 2 aromatic carbocycles. The first kappa shape index (κ1) is 22.2. The number of carbonyl (C=O) groups excluding carboxylic acids is 2. The van der Waals surface area contributed by atoms with Crippen molar-refractivity contribution in [1.82, 2.24) is 9.78 Å². The number of fused-ring (bicyclic) bond motifs is 1. The Bertz CT molecular complexity index is 1180. The quantitative estimate of drug-likeness (QED) is 0.587. The van der Waals surface area contributed by atoms with Crippen LogP contribution < -0.4 is 10.9 Å². The average molecular weight is 421 g/mol. The normalized spacial score (nSPS) is 11.0. The van der Waals surface area contributed by atoms with E-state index in [4.69, 9.17) is 4.74 Å². The van der Waals surface area contributed by atoms with Gasteiger partial charge in [-0.2, -0.15) is 5.10 Å². The molecule has 0 saturated heterocycles. The zero-order valence-electron chi connectivity index (χ0n) is 18.3. The van der Waals surface area contributed by atoms with E-state index in [2.05, 4.69) is 10.4 Å². The number of amides is 1. The Labute approximate surface area is 181 Å². The van der Waals surface area contributed by atoms with Crippen molar-refractivity contribution in [3.63, 3.8) is 0 Å². The van der Waals surface area contributed by atoms with Crippen LogP contribution >= 0.6 is 0 Å². The smallest absolute Gasteiger partial charge is 0.359 e. The summed E-state index contributed by atoms with van der Waals surface area (Å²) in [5.41, 5.74) is 2.44. The first-order chi connectivity index (χ1) is 14.8. The Hall–Kier alpha value is -3.48. The number of benzene rings is 2. The van der Waals surface area contributed by atoms with Gasteiger partial charge in [0.05, 0.1) is 5.39 Å². The van der Waals surface area contributed by atoms with Gasteiger partial charge in [0, 0.05) is 17.6 Å². The van der Waals surface area contributed by atoms with Crippen LogP contribution in [-0.4, -0.2) is 28.3 Å². The molecule has 0 radical (unpaired) electrons. The molecule has 0 unspecified atom stereocenters. The molecule has 0 atom stereocenters. The van der Waals surface area contributed by atoms with E-state index in [0.29, 0.717) is 17.3 Å². The van der Waals surface area contributed by atoms with Gasteiger partial charge in [0.2, 0.25) is 0 Å². The highest BCUT2D eigenvalue weighted by Gasteiger charge is 2.20. The Morgan fingerprint density at radius 1 is 1.10 bits per heavy atom. The number of esters is 1. The largest absolute Gasteiger partial charge is 0.451 e. The Morgan fingerprint density at radius 3 is 2.48 bits per heavy atom. The number of aromatic nitrogens is 2. The summed E-state index contributed by atoms with van der Waals surface area (Å²) in [4.78, 5) is 37.9. The molecule has 1 amide bonds. The summed E-state index contributed by atoms with van der Waals surface area (Å²) in [5, 5.41) is 7.87. The van der Waals surface area contributed by atoms with Gasteiger partial charge in [0.1, 0.15) is 0 Å². The number of carbonyl (C=O) groups is 2. The molecule has 0 aliphatic carbocycles. The molecular formula is C24H27N3O4. The third kappa shape index (κ3) is 4.99. The van der Waals surface area contributed by atoms with Crippen LogP contribution in [0.5, 0.6) is 0 Å². The molecule has 3 aromatic rings. The fourth-order valence-electron chi connectivity index (χ4n) is 3.43. The number of para-hydroxylation sites is 1. The molecule has 7 heteroatoms. The minimum absolute atomic E-state index is 0.0220. The molecule has 0 aliphatic heterocycles. The van der Waals surface area contributed by atoms with Crippen LogP contribution in [0.1, 0.15) is 42.4 Å². The lowest BCUT2D eigenvalue weighted by molar-refractivity contribution is -0.119. The van der Waals surface area contributed by atoms with E-state index in [1.165, 1.54) is 4.68 Å². The number of nitrogens with zero attached hydrogens (tertiary/aromatic N) is 2. The van der Waals surface area contributed by atoms with Gasteiger partial charge in [0.15, 0.2) is 12.3 Å². The number of ether oxygens (including phenoxy) is 1. The molecule has 0 bridgehead atoms. The standard InChI is InChI=1S/C24H27N3O4/c1-5-17-10-8-9-16(4)21(17)25-20(28)14-31-24(30)22-18-11-6-7-12-19(18)23(29)27(26-22)13-15(2)3/h6-12,15H,5,13-14H2,1-4H3,(H,25,28). The predicted molar refractivity (Wildman–Crippen MR) is 120 cm³/mol. The Balaban J connectivity index is 1.82. The molecule has 0 spiro atoms. The van der Waals surface area contributed by atoms with Crippen molar-refractivity contribution in [3.8, 4) is 0 Å². The van der Waals surface area contributed by atoms with Crippen molar-refractivity contribution >= 4 is 28.3 Å². The number of hydrogen-bond acceptors (Lipinski definition) is 5. The first-order valence-electron chi connectivity index (χ1n) is 10.4. The summed E-state index contributed by atoms with van der Waals surface area (Å²) in [6.07, 6.45) is 0.768. The van der Waals surface area contributed by atoms with E-state index in [-0.39, 0.29) is 17.2 Å². The van der Waals surface area contributed by atoms with Gasteiger partial charge in [-0.05, 0) is 36.5 Å². The van der Waals surface area contributed by atoms with E-state index in [1.807, 2.05) is 45.9 Å². The lowest BCUT2D eigenvalue weighted by Crippen LogP contribution is -2.29. The van der Waals surface area contributed by atoms with Crippen LogP contribution in [0, 0.1) is 12.8 Å². The van der Waals surface area contributed by atoms with Crippen molar-refractivity contribution in [2.75, 3.05) is 11.9 Å². The van der Waals surface area contributed by atoms with Crippen molar-refractivity contribution in [2.24, 2.45) is 5.92 Å². The zero-order valence-corrected chi connectivity index (χ0v) is 18.3. The number of anilines is 1. The van der Waals surface area contributed by atoms with Crippen molar-refractivity contribution < 1.29 is 14.3 Å². The topological polar surface area (TPSA) is 90.3 Å². The molecular weight excluding hydrogens is 394 g/mol. The van der Waals surface area contributed by atoms with E-state index in [1.54, 1.807) is 24.3 Å². The monoisotopic (exact) mass is 421 g/mol. The van der Waals surface area contributed by atoms with Crippen LogP contribution in [-0.2, 0) is 22.5 Å². The SMILES string of the molecule is CCc1cccc(C)c1NC(=O)COC(=O)c1nn(CC(C)C)c(=O)c2ccccc12. The lowest BCUT2D eigenvalue weighted by Gasteiger charge is -2.14. The minimum atomic E-state index is -0.746. The summed E-state index contributed by atoms with van der Waals surface area (Å²) in [6, 6.07) is 12.6. The lowest BCUT2D eigenvalue weighted by atomic mass is 10.1. The number of rotatable bonds is 7. The Morgan fingerprint density at radius 2 is 1.81 bits per heavy atom. The van der Waals surface area contributed by atoms with Gasteiger partial charge in [0.25, 0.3) is 11.5 Å². The van der Waals surface area contributed by atoms with Crippen molar-refractivity contribution in [3.05, 3.63) is 69.6 Å². The Kier molecular flexibility index (Phi) is 6.84. The second kappa shape index (κ2) is 9.55. The maximum atomic E-state index is 12.8.